The van der Waals surface area contributed by atoms with E-state index in [-0.39, 0.29) is 11.3 Å². The summed E-state index contributed by atoms with van der Waals surface area (Å²) in [7, 11) is -3.32. The number of imidazole rings is 1. The van der Waals surface area contributed by atoms with E-state index in [4.69, 9.17) is 0 Å². The molecule has 2 N–H and O–H groups in total. The molecule has 0 aliphatic heterocycles. The van der Waals surface area contributed by atoms with Crippen LogP contribution in [-0.2, 0) is 28.3 Å². The van der Waals surface area contributed by atoms with Gasteiger partial charge < -0.3 is 15.0 Å². The zero-order valence-corrected chi connectivity index (χ0v) is 20.1. The fourth-order valence-corrected chi connectivity index (χ4v) is 4.92. The Morgan fingerprint density at radius 1 is 1.09 bits per heavy atom. The second kappa shape index (κ2) is 9.98. The van der Waals surface area contributed by atoms with Gasteiger partial charge in [-0.2, -0.15) is 0 Å². The van der Waals surface area contributed by atoms with E-state index in [1.807, 2.05) is 54.9 Å². The van der Waals surface area contributed by atoms with Crippen molar-refractivity contribution in [3.8, 4) is 0 Å². The molecule has 32 heavy (non-hydrogen) atoms. The van der Waals surface area contributed by atoms with Crippen LogP contribution < -0.4 is 5.32 Å². The highest BCUT2D eigenvalue weighted by Gasteiger charge is 2.21. The summed E-state index contributed by atoms with van der Waals surface area (Å²) < 4.78 is 27.3. The van der Waals surface area contributed by atoms with E-state index in [9.17, 15) is 13.5 Å². The second-order valence-corrected chi connectivity index (χ2v) is 11.0. The number of benzene rings is 2. The first kappa shape index (κ1) is 24.2. The molecule has 1 atom stereocenters. The Bertz CT molecular complexity index is 1120. The van der Waals surface area contributed by atoms with Crippen molar-refractivity contribution in [3.05, 3.63) is 83.4 Å². The van der Waals surface area contributed by atoms with Gasteiger partial charge in [-0.15, -0.1) is 0 Å². The molecule has 1 aromatic heterocycles. The molecule has 0 saturated carbocycles. The Hall–Kier alpha value is -2.48. The van der Waals surface area contributed by atoms with Crippen molar-refractivity contribution in [1.29, 1.82) is 0 Å². The van der Waals surface area contributed by atoms with Gasteiger partial charge in [-0.05, 0) is 68.5 Å². The minimum absolute atomic E-state index is 0.0803. The van der Waals surface area contributed by atoms with Gasteiger partial charge in [-0.3, -0.25) is 0 Å². The topological polar surface area (TPSA) is 84.2 Å². The number of aliphatic hydroxyl groups excluding tert-OH is 1. The van der Waals surface area contributed by atoms with Gasteiger partial charge in [0.25, 0.3) is 0 Å². The SMILES string of the molecule is Cc1ccc(S(=O)(=O)CCc2ccc(C(C)(C)NCC(O)Cn3ccnc3)cc2)cc1C. The minimum atomic E-state index is -3.32. The molecule has 0 amide bonds. The smallest absolute Gasteiger partial charge is 0.178 e. The van der Waals surface area contributed by atoms with Crippen molar-refractivity contribution in [2.75, 3.05) is 12.3 Å². The van der Waals surface area contributed by atoms with Crippen molar-refractivity contribution in [3.63, 3.8) is 0 Å². The first-order chi connectivity index (χ1) is 15.1. The molecule has 7 heteroatoms. The lowest BCUT2D eigenvalue weighted by Crippen LogP contribution is -2.42. The van der Waals surface area contributed by atoms with Crippen LogP contribution in [0.25, 0.3) is 0 Å². The third-order valence-electron chi connectivity index (χ3n) is 5.93. The second-order valence-electron chi connectivity index (χ2n) is 8.93. The lowest BCUT2D eigenvalue weighted by Gasteiger charge is -2.28. The normalized spacial score (nSPS) is 13.3. The van der Waals surface area contributed by atoms with Gasteiger partial charge in [-0.25, -0.2) is 13.4 Å². The summed E-state index contributed by atoms with van der Waals surface area (Å²) in [5, 5.41) is 13.7. The van der Waals surface area contributed by atoms with Gasteiger partial charge in [0.15, 0.2) is 9.84 Å². The van der Waals surface area contributed by atoms with Crippen LogP contribution in [-0.4, -0.2) is 41.5 Å². The average molecular weight is 456 g/mol. The third-order valence-corrected chi connectivity index (χ3v) is 7.65. The van der Waals surface area contributed by atoms with Gasteiger partial charge in [0.05, 0.1) is 29.6 Å². The summed E-state index contributed by atoms with van der Waals surface area (Å²) >= 11 is 0. The molecule has 1 unspecified atom stereocenters. The summed E-state index contributed by atoms with van der Waals surface area (Å²) in [6.07, 6.45) is 5.14. The van der Waals surface area contributed by atoms with Crippen molar-refractivity contribution < 1.29 is 13.5 Å². The molecule has 3 aromatic rings. The first-order valence-corrected chi connectivity index (χ1v) is 12.5. The largest absolute Gasteiger partial charge is 0.390 e. The van der Waals surface area contributed by atoms with E-state index < -0.39 is 15.9 Å². The molecule has 3 rings (SSSR count). The van der Waals surface area contributed by atoms with E-state index in [1.165, 1.54) is 0 Å². The molecule has 0 spiro atoms. The lowest BCUT2D eigenvalue weighted by molar-refractivity contribution is 0.140. The van der Waals surface area contributed by atoms with Crippen LogP contribution in [0.1, 0.15) is 36.1 Å². The van der Waals surface area contributed by atoms with E-state index >= 15 is 0 Å². The van der Waals surface area contributed by atoms with Gasteiger partial charge in [-0.1, -0.05) is 30.3 Å². The Balaban J connectivity index is 1.56. The van der Waals surface area contributed by atoms with Crippen LogP contribution in [0.5, 0.6) is 0 Å². The lowest BCUT2D eigenvalue weighted by atomic mass is 9.93. The molecular weight excluding hydrogens is 422 g/mol. The number of hydrogen-bond donors (Lipinski definition) is 2. The van der Waals surface area contributed by atoms with Crippen LogP contribution in [0.4, 0.5) is 0 Å². The summed E-state index contributed by atoms with van der Waals surface area (Å²) in [4.78, 5) is 4.37. The zero-order chi connectivity index (χ0) is 23.4. The summed E-state index contributed by atoms with van der Waals surface area (Å²) in [5.41, 5.74) is 3.80. The van der Waals surface area contributed by atoms with Crippen molar-refractivity contribution >= 4 is 9.84 Å². The predicted molar refractivity (Wildman–Crippen MR) is 127 cm³/mol. The summed E-state index contributed by atoms with van der Waals surface area (Å²) in [6.45, 7) is 8.97. The summed E-state index contributed by atoms with van der Waals surface area (Å²) in [6, 6.07) is 13.3. The van der Waals surface area contributed by atoms with E-state index in [2.05, 4.69) is 24.1 Å². The molecule has 0 aliphatic carbocycles. The number of nitrogens with one attached hydrogen (secondary N) is 1. The fourth-order valence-electron chi connectivity index (χ4n) is 3.54. The fraction of sp³-hybridized carbons (Fsp3) is 0.400. The zero-order valence-electron chi connectivity index (χ0n) is 19.2. The van der Waals surface area contributed by atoms with Gasteiger partial charge in [0.1, 0.15) is 0 Å². The average Bonchev–Trinajstić information content (AvgIpc) is 3.26. The maximum absolute atomic E-state index is 12.7. The van der Waals surface area contributed by atoms with E-state index in [1.54, 1.807) is 24.7 Å². The van der Waals surface area contributed by atoms with Gasteiger partial charge in [0.2, 0.25) is 0 Å². The Kier molecular flexibility index (Phi) is 7.54. The quantitative estimate of drug-likeness (QED) is 0.490. The molecule has 172 valence electrons. The van der Waals surface area contributed by atoms with Crippen molar-refractivity contribution in [2.45, 2.75) is 57.2 Å². The van der Waals surface area contributed by atoms with Crippen LogP contribution in [0, 0.1) is 13.8 Å². The first-order valence-electron chi connectivity index (χ1n) is 10.8. The molecule has 0 radical (unpaired) electrons. The highest BCUT2D eigenvalue weighted by atomic mass is 32.2. The third kappa shape index (κ3) is 6.28. The number of nitrogens with zero attached hydrogens (tertiary/aromatic N) is 2. The molecule has 0 aliphatic rings. The van der Waals surface area contributed by atoms with Crippen LogP contribution in [0.2, 0.25) is 0 Å². The highest BCUT2D eigenvalue weighted by molar-refractivity contribution is 7.91. The van der Waals surface area contributed by atoms with Crippen molar-refractivity contribution in [1.82, 2.24) is 14.9 Å². The predicted octanol–water partition coefficient (Wildman–Crippen LogP) is 3.40. The number of rotatable bonds is 10. The molecule has 2 aromatic carbocycles. The van der Waals surface area contributed by atoms with E-state index in [0.717, 1.165) is 22.3 Å². The Morgan fingerprint density at radius 2 is 1.81 bits per heavy atom. The standard InChI is InChI=1S/C25H33N3O3S/c1-19-5-10-24(15-20(19)2)32(30,31)14-11-21-6-8-22(9-7-21)25(3,4)27-16-23(29)17-28-13-12-26-18-28/h5-10,12-13,15,18,23,27,29H,11,14,16-17H2,1-4H3. The molecule has 6 nitrogen and oxygen atoms in total. The molecule has 1 heterocycles. The highest BCUT2D eigenvalue weighted by Crippen LogP contribution is 2.22. The van der Waals surface area contributed by atoms with Crippen LogP contribution in [0.3, 0.4) is 0 Å². The number of hydrogen-bond acceptors (Lipinski definition) is 5. The molecule has 0 saturated heterocycles. The Morgan fingerprint density at radius 3 is 2.44 bits per heavy atom. The number of aliphatic hydroxyl groups is 1. The molecular formula is C25H33N3O3S. The molecule has 0 fully saturated rings. The van der Waals surface area contributed by atoms with Gasteiger partial charge in [0, 0.05) is 24.5 Å². The maximum Gasteiger partial charge on any atom is 0.178 e. The van der Waals surface area contributed by atoms with Gasteiger partial charge >= 0.3 is 0 Å². The number of sulfone groups is 1. The van der Waals surface area contributed by atoms with Crippen LogP contribution in [0.15, 0.2) is 66.1 Å². The Labute approximate surface area is 191 Å². The maximum atomic E-state index is 12.7. The number of aryl methyl sites for hydroxylation is 3. The van der Waals surface area contributed by atoms with Crippen molar-refractivity contribution in [2.24, 2.45) is 0 Å². The van der Waals surface area contributed by atoms with E-state index in [0.29, 0.717) is 24.4 Å². The monoisotopic (exact) mass is 455 g/mol. The van der Waals surface area contributed by atoms with Crippen LogP contribution >= 0.6 is 0 Å². The minimum Gasteiger partial charge on any atom is -0.390 e. The summed E-state index contributed by atoms with van der Waals surface area (Å²) in [5.74, 6) is 0.0803. The molecule has 0 bridgehead atoms. The number of aromatic nitrogens is 2.